The van der Waals surface area contributed by atoms with Crippen molar-refractivity contribution in [3.8, 4) is 5.75 Å². The summed E-state index contributed by atoms with van der Waals surface area (Å²) in [5, 5.41) is 6.07. The van der Waals surface area contributed by atoms with Crippen LogP contribution in [-0.2, 0) is 0 Å². The second-order valence-corrected chi connectivity index (χ2v) is 4.62. The Kier molecular flexibility index (Phi) is 4.10. The Labute approximate surface area is 114 Å². The quantitative estimate of drug-likeness (QED) is 0.892. The van der Waals surface area contributed by atoms with E-state index in [1.807, 2.05) is 6.07 Å². The second kappa shape index (κ2) is 5.59. The fourth-order valence-corrected chi connectivity index (χ4v) is 2.56. The Morgan fingerprint density at radius 3 is 2.61 bits per heavy atom. The molecule has 1 N–H and O–H groups in total. The van der Waals surface area contributed by atoms with Crippen molar-refractivity contribution in [3.63, 3.8) is 0 Å². The molecule has 3 heteroatoms. The van der Waals surface area contributed by atoms with Crippen molar-refractivity contribution in [3.05, 3.63) is 42.0 Å². The molecule has 3 rings (SSSR count). The topological polar surface area (TPSA) is 21.3 Å². The molecule has 0 saturated carbocycles. The molecule has 0 amide bonds. The number of halogens is 1. The molecular weight excluding hydrogens is 246 g/mol. The van der Waals surface area contributed by atoms with Crippen LogP contribution in [0.5, 0.6) is 5.75 Å². The number of fused-ring (bicyclic) bond motifs is 1. The summed E-state index contributed by atoms with van der Waals surface area (Å²) in [7, 11) is 1.71. The maximum Gasteiger partial charge on any atom is 0.119 e. The van der Waals surface area contributed by atoms with E-state index in [0.29, 0.717) is 6.04 Å². The van der Waals surface area contributed by atoms with Gasteiger partial charge >= 0.3 is 0 Å². The number of benzene rings is 2. The maximum absolute atomic E-state index is 5.24. The van der Waals surface area contributed by atoms with Gasteiger partial charge in [-0.3, -0.25) is 0 Å². The molecule has 96 valence electrons. The average Bonchev–Trinajstić information content (AvgIpc) is 2.91. The smallest absolute Gasteiger partial charge is 0.119 e. The Morgan fingerprint density at radius 1 is 1.11 bits per heavy atom. The highest BCUT2D eigenvalue weighted by molar-refractivity contribution is 5.85. The van der Waals surface area contributed by atoms with Gasteiger partial charge in [0.15, 0.2) is 0 Å². The molecule has 1 fully saturated rings. The molecule has 2 nitrogen and oxygen atoms in total. The number of hydrogen-bond donors (Lipinski definition) is 1. The Bertz CT molecular complexity index is 535. The summed E-state index contributed by atoms with van der Waals surface area (Å²) in [5.74, 6) is 0.921. The molecule has 1 saturated heterocycles. The monoisotopic (exact) mass is 263 g/mol. The number of hydrogen-bond acceptors (Lipinski definition) is 2. The van der Waals surface area contributed by atoms with Crippen molar-refractivity contribution >= 4 is 23.2 Å². The molecule has 0 spiro atoms. The van der Waals surface area contributed by atoms with Crippen LogP contribution < -0.4 is 10.1 Å². The summed E-state index contributed by atoms with van der Waals surface area (Å²) >= 11 is 0. The zero-order valence-electron chi connectivity index (χ0n) is 10.5. The van der Waals surface area contributed by atoms with Crippen LogP contribution in [0.15, 0.2) is 36.4 Å². The summed E-state index contributed by atoms with van der Waals surface area (Å²) in [4.78, 5) is 0. The zero-order chi connectivity index (χ0) is 11.7. The summed E-state index contributed by atoms with van der Waals surface area (Å²) < 4.78 is 5.24. The van der Waals surface area contributed by atoms with Crippen molar-refractivity contribution in [1.82, 2.24) is 5.32 Å². The minimum absolute atomic E-state index is 0. The molecule has 1 aliphatic heterocycles. The highest BCUT2D eigenvalue weighted by Gasteiger charge is 2.15. The minimum Gasteiger partial charge on any atom is -0.497 e. The van der Waals surface area contributed by atoms with Gasteiger partial charge in [-0.1, -0.05) is 18.2 Å². The molecule has 0 radical (unpaired) electrons. The highest BCUT2D eigenvalue weighted by atomic mass is 35.5. The fraction of sp³-hybridized carbons (Fsp3) is 0.333. The van der Waals surface area contributed by atoms with Crippen molar-refractivity contribution in [2.24, 2.45) is 0 Å². The lowest BCUT2D eigenvalue weighted by Gasteiger charge is -2.11. The van der Waals surface area contributed by atoms with E-state index in [-0.39, 0.29) is 12.4 Å². The van der Waals surface area contributed by atoms with Gasteiger partial charge in [0.2, 0.25) is 0 Å². The van der Waals surface area contributed by atoms with E-state index in [1.54, 1.807) is 7.11 Å². The van der Waals surface area contributed by atoms with E-state index in [9.17, 15) is 0 Å². The molecule has 18 heavy (non-hydrogen) atoms. The Morgan fingerprint density at radius 2 is 1.89 bits per heavy atom. The average molecular weight is 264 g/mol. The first-order valence-corrected chi connectivity index (χ1v) is 6.18. The Hall–Kier alpha value is -1.25. The van der Waals surface area contributed by atoms with Gasteiger partial charge in [-0.05, 0) is 53.9 Å². The van der Waals surface area contributed by atoms with E-state index >= 15 is 0 Å². The maximum atomic E-state index is 5.24. The van der Waals surface area contributed by atoms with E-state index in [1.165, 1.54) is 29.2 Å². The van der Waals surface area contributed by atoms with E-state index in [4.69, 9.17) is 4.74 Å². The van der Waals surface area contributed by atoms with Gasteiger partial charge < -0.3 is 10.1 Å². The summed E-state index contributed by atoms with van der Waals surface area (Å²) in [6, 6.07) is 13.5. The third-order valence-corrected chi connectivity index (χ3v) is 3.53. The predicted octanol–water partition coefficient (Wildman–Crippen LogP) is 3.69. The first kappa shape index (κ1) is 13.2. The molecule has 1 aliphatic rings. The second-order valence-electron chi connectivity index (χ2n) is 4.62. The van der Waals surface area contributed by atoms with Gasteiger partial charge in [0, 0.05) is 6.04 Å². The summed E-state index contributed by atoms with van der Waals surface area (Å²) in [5.41, 5.74) is 1.40. The predicted molar refractivity (Wildman–Crippen MR) is 77.7 cm³/mol. The third-order valence-electron chi connectivity index (χ3n) is 3.53. The first-order valence-electron chi connectivity index (χ1n) is 6.18. The SMILES string of the molecule is COc1ccc2cc([C@@H]3CCCN3)ccc2c1.Cl. The van der Waals surface area contributed by atoms with Gasteiger partial charge in [-0.2, -0.15) is 0 Å². The van der Waals surface area contributed by atoms with Gasteiger partial charge in [0.05, 0.1) is 7.11 Å². The van der Waals surface area contributed by atoms with E-state index in [2.05, 4.69) is 35.6 Å². The fourth-order valence-electron chi connectivity index (χ4n) is 2.56. The molecule has 2 aromatic rings. The van der Waals surface area contributed by atoms with Crippen molar-refractivity contribution in [2.45, 2.75) is 18.9 Å². The molecule has 0 unspecified atom stereocenters. The van der Waals surface area contributed by atoms with Gasteiger partial charge in [-0.15, -0.1) is 12.4 Å². The number of methoxy groups -OCH3 is 1. The van der Waals surface area contributed by atoms with Gasteiger partial charge in [0.1, 0.15) is 5.75 Å². The normalized spacial score (nSPS) is 18.6. The standard InChI is InChI=1S/C15H17NO.ClH/c1-17-14-7-6-11-9-13(5-4-12(11)10-14)15-3-2-8-16-15;/h4-7,9-10,15-16H,2-3,8H2,1H3;1H/t15-;/m0./s1. The third kappa shape index (κ3) is 2.45. The van der Waals surface area contributed by atoms with Gasteiger partial charge in [0.25, 0.3) is 0 Å². The molecule has 0 bridgehead atoms. The van der Waals surface area contributed by atoms with Crippen LogP contribution in [0.25, 0.3) is 10.8 Å². The molecule has 1 heterocycles. The molecular formula is C15H18ClNO. The zero-order valence-corrected chi connectivity index (χ0v) is 11.3. The molecule has 0 aromatic heterocycles. The first-order chi connectivity index (χ1) is 8.36. The largest absolute Gasteiger partial charge is 0.497 e. The van der Waals surface area contributed by atoms with E-state index < -0.39 is 0 Å². The molecule has 2 aromatic carbocycles. The summed E-state index contributed by atoms with van der Waals surface area (Å²) in [6.07, 6.45) is 2.53. The highest BCUT2D eigenvalue weighted by Crippen LogP contribution is 2.27. The lowest BCUT2D eigenvalue weighted by Crippen LogP contribution is -2.12. The van der Waals surface area contributed by atoms with Crippen LogP contribution in [-0.4, -0.2) is 13.7 Å². The number of ether oxygens (including phenoxy) is 1. The lowest BCUT2D eigenvalue weighted by molar-refractivity contribution is 0.415. The van der Waals surface area contributed by atoms with Gasteiger partial charge in [-0.25, -0.2) is 0 Å². The van der Waals surface area contributed by atoms with Crippen molar-refractivity contribution in [2.75, 3.05) is 13.7 Å². The summed E-state index contributed by atoms with van der Waals surface area (Å²) in [6.45, 7) is 1.14. The Balaban J connectivity index is 0.00000120. The lowest BCUT2D eigenvalue weighted by atomic mass is 10.0. The van der Waals surface area contributed by atoms with Crippen LogP contribution in [0.3, 0.4) is 0 Å². The number of nitrogens with one attached hydrogen (secondary N) is 1. The van der Waals surface area contributed by atoms with Crippen molar-refractivity contribution in [1.29, 1.82) is 0 Å². The van der Waals surface area contributed by atoms with Crippen LogP contribution in [0, 0.1) is 0 Å². The minimum atomic E-state index is 0. The molecule has 0 aliphatic carbocycles. The van der Waals surface area contributed by atoms with Crippen LogP contribution in [0.1, 0.15) is 24.4 Å². The van der Waals surface area contributed by atoms with Crippen LogP contribution in [0.4, 0.5) is 0 Å². The number of rotatable bonds is 2. The van der Waals surface area contributed by atoms with Crippen molar-refractivity contribution < 1.29 is 4.74 Å². The van der Waals surface area contributed by atoms with Crippen LogP contribution in [0.2, 0.25) is 0 Å². The van der Waals surface area contributed by atoms with E-state index in [0.717, 1.165) is 12.3 Å². The van der Waals surface area contributed by atoms with Crippen LogP contribution >= 0.6 is 12.4 Å². The molecule has 1 atom stereocenters.